The molecule has 0 saturated carbocycles. The van der Waals surface area contributed by atoms with Crippen molar-refractivity contribution in [3.8, 4) is 0 Å². The van der Waals surface area contributed by atoms with Gasteiger partial charge in [-0.15, -0.1) is 12.4 Å². The third kappa shape index (κ3) is 3.24. The standard InChI is InChI=1S/C10H13F2N.ClH/c1-7-2-3-8(9(12)6-7)10(13)4-5-11;/h2-3,6,10H,4-5,13H2,1H3;1H/t10-;/m1./s1. The first-order valence-corrected chi connectivity index (χ1v) is 4.22. The zero-order valence-corrected chi connectivity index (χ0v) is 8.78. The maximum Gasteiger partial charge on any atom is 0.128 e. The molecule has 1 nitrogen and oxygen atoms in total. The molecule has 80 valence electrons. The zero-order chi connectivity index (χ0) is 9.84. The molecule has 1 aromatic carbocycles. The van der Waals surface area contributed by atoms with E-state index in [0.717, 1.165) is 5.56 Å². The normalized spacial score (nSPS) is 12.0. The summed E-state index contributed by atoms with van der Waals surface area (Å²) in [6.45, 7) is 1.28. The smallest absolute Gasteiger partial charge is 0.128 e. The molecule has 0 saturated heterocycles. The second-order valence-electron chi connectivity index (χ2n) is 3.11. The number of halogens is 3. The van der Waals surface area contributed by atoms with E-state index in [-0.39, 0.29) is 24.6 Å². The quantitative estimate of drug-likeness (QED) is 0.835. The maximum atomic E-state index is 13.2. The number of nitrogens with two attached hydrogens (primary N) is 1. The topological polar surface area (TPSA) is 26.0 Å². The molecule has 1 rings (SSSR count). The van der Waals surface area contributed by atoms with Gasteiger partial charge in [-0.2, -0.15) is 0 Å². The molecule has 0 aliphatic heterocycles. The van der Waals surface area contributed by atoms with Crippen molar-refractivity contribution in [2.24, 2.45) is 5.73 Å². The number of benzene rings is 1. The van der Waals surface area contributed by atoms with Gasteiger partial charge in [0.2, 0.25) is 0 Å². The monoisotopic (exact) mass is 221 g/mol. The summed E-state index contributed by atoms with van der Waals surface area (Å²) in [7, 11) is 0. The molecule has 4 heteroatoms. The van der Waals surface area contributed by atoms with E-state index in [0.29, 0.717) is 5.56 Å². The molecule has 0 spiro atoms. The Morgan fingerprint density at radius 3 is 2.57 bits per heavy atom. The fraction of sp³-hybridized carbons (Fsp3) is 0.400. The largest absolute Gasteiger partial charge is 0.324 e. The first-order valence-electron chi connectivity index (χ1n) is 4.22. The predicted octanol–water partition coefficient (Wildman–Crippen LogP) is 2.92. The van der Waals surface area contributed by atoms with Gasteiger partial charge in [0.25, 0.3) is 0 Å². The van der Waals surface area contributed by atoms with E-state index >= 15 is 0 Å². The van der Waals surface area contributed by atoms with E-state index in [9.17, 15) is 8.78 Å². The van der Waals surface area contributed by atoms with Gasteiger partial charge in [0.1, 0.15) is 5.82 Å². The van der Waals surface area contributed by atoms with Crippen LogP contribution in [0.2, 0.25) is 0 Å². The van der Waals surface area contributed by atoms with Crippen LogP contribution >= 0.6 is 12.4 Å². The van der Waals surface area contributed by atoms with Gasteiger partial charge in [0, 0.05) is 11.6 Å². The van der Waals surface area contributed by atoms with Crippen LogP contribution in [0.15, 0.2) is 18.2 Å². The van der Waals surface area contributed by atoms with Gasteiger partial charge in [-0.3, -0.25) is 4.39 Å². The third-order valence-corrected chi connectivity index (χ3v) is 1.98. The van der Waals surface area contributed by atoms with Gasteiger partial charge in [-0.1, -0.05) is 12.1 Å². The van der Waals surface area contributed by atoms with Gasteiger partial charge in [0.05, 0.1) is 6.67 Å². The molecular formula is C10H14ClF2N. The highest BCUT2D eigenvalue weighted by molar-refractivity contribution is 5.85. The van der Waals surface area contributed by atoms with E-state index in [2.05, 4.69) is 0 Å². The van der Waals surface area contributed by atoms with Gasteiger partial charge in [-0.25, -0.2) is 4.39 Å². The zero-order valence-electron chi connectivity index (χ0n) is 7.97. The summed E-state index contributed by atoms with van der Waals surface area (Å²) in [6.07, 6.45) is 0.167. The summed E-state index contributed by atoms with van der Waals surface area (Å²) in [5.41, 5.74) is 6.81. The molecule has 0 heterocycles. The summed E-state index contributed by atoms with van der Waals surface area (Å²) in [4.78, 5) is 0. The van der Waals surface area contributed by atoms with Gasteiger partial charge < -0.3 is 5.73 Å². The summed E-state index contributed by atoms with van der Waals surface area (Å²) in [5.74, 6) is -0.346. The number of hydrogen-bond donors (Lipinski definition) is 1. The second kappa shape index (κ2) is 5.94. The van der Waals surface area contributed by atoms with Crippen molar-refractivity contribution in [2.75, 3.05) is 6.67 Å². The van der Waals surface area contributed by atoms with Crippen LogP contribution in [-0.4, -0.2) is 6.67 Å². The maximum absolute atomic E-state index is 13.2. The fourth-order valence-electron chi connectivity index (χ4n) is 1.21. The molecule has 0 aliphatic carbocycles. The molecular weight excluding hydrogens is 208 g/mol. The Morgan fingerprint density at radius 1 is 1.43 bits per heavy atom. The van der Waals surface area contributed by atoms with E-state index in [1.54, 1.807) is 19.1 Å². The molecule has 0 aliphatic rings. The van der Waals surface area contributed by atoms with Crippen molar-refractivity contribution in [1.29, 1.82) is 0 Å². The van der Waals surface area contributed by atoms with Crippen LogP contribution in [0.25, 0.3) is 0 Å². The SMILES string of the molecule is Cc1ccc([C@H](N)CCF)c(F)c1.Cl. The Hall–Kier alpha value is -0.670. The predicted molar refractivity (Wildman–Crippen MR) is 55.9 cm³/mol. The van der Waals surface area contributed by atoms with Crippen LogP contribution in [0.4, 0.5) is 8.78 Å². The fourth-order valence-corrected chi connectivity index (χ4v) is 1.21. The Bertz CT molecular complexity index is 291. The number of alkyl halides is 1. The highest BCUT2D eigenvalue weighted by atomic mass is 35.5. The van der Waals surface area contributed by atoms with E-state index in [1.165, 1.54) is 6.07 Å². The van der Waals surface area contributed by atoms with Crippen LogP contribution in [-0.2, 0) is 0 Å². The molecule has 0 fully saturated rings. The number of rotatable bonds is 3. The van der Waals surface area contributed by atoms with Crippen LogP contribution in [0.1, 0.15) is 23.6 Å². The lowest BCUT2D eigenvalue weighted by Gasteiger charge is -2.10. The molecule has 1 aromatic rings. The van der Waals surface area contributed by atoms with Crippen LogP contribution < -0.4 is 5.73 Å². The van der Waals surface area contributed by atoms with Gasteiger partial charge in [0.15, 0.2) is 0 Å². The summed E-state index contributed by atoms with van der Waals surface area (Å²) >= 11 is 0. The van der Waals surface area contributed by atoms with E-state index in [4.69, 9.17) is 5.73 Å². The second-order valence-corrected chi connectivity index (χ2v) is 3.11. The van der Waals surface area contributed by atoms with Gasteiger partial charge in [-0.05, 0) is 25.0 Å². The first kappa shape index (κ1) is 13.3. The first-order chi connectivity index (χ1) is 6.15. The Kier molecular flexibility index (Phi) is 5.65. The van der Waals surface area contributed by atoms with Crippen LogP contribution in [0.3, 0.4) is 0 Å². The van der Waals surface area contributed by atoms with Crippen molar-refractivity contribution in [1.82, 2.24) is 0 Å². The van der Waals surface area contributed by atoms with Crippen LogP contribution in [0, 0.1) is 12.7 Å². The van der Waals surface area contributed by atoms with Crippen molar-refractivity contribution in [2.45, 2.75) is 19.4 Å². The highest BCUT2D eigenvalue weighted by Crippen LogP contribution is 2.18. The lowest BCUT2D eigenvalue weighted by atomic mass is 10.0. The summed E-state index contributed by atoms with van der Waals surface area (Å²) in [5, 5.41) is 0. The summed E-state index contributed by atoms with van der Waals surface area (Å²) < 4.78 is 25.2. The Morgan fingerprint density at radius 2 is 2.07 bits per heavy atom. The van der Waals surface area contributed by atoms with Crippen LogP contribution in [0.5, 0.6) is 0 Å². The third-order valence-electron chi connectivity index (χ3n) is 1.98. The number of hydrogen-bond acceptors (Lipinski definition) is 1. The van der Waals surface area contributed by atoms with E-state index < -0.39 is 12.7 Å². The molecule has 0 aromatic heterocycles. The highest BCUT2D eigenvalue weighted by Gasteiger charge is 2.10. The molecule has 14 heavy (non-hydrogen) atoms. The van der Waals surface area contributed by atoms with Crippen molar-refractivity contribution in [3.05, 3.63) is 35.1 Å². The average Bonchev–Trinajstić information content (AvgIpc) is 2.04. The Balaban J connectivity index is 0.00000169. The molecule has 1 atom stereocenters. The van der Waals surface area contributed by atoms with Crippen molar-refractivity contribution in [3.63, 3.8) is 0 Å². The lowest BCUT2D eigenvalue weighted by Crippen LogP contribution is -2.12. The molecule has 0 unspecified atom stereocenters. The molecule has 0 amide bonds. The minimum absolute atomic E-state index is 0. The average molecular weight is 222 g/mol. The molecule has 2 N–H and O–H groups in total. The molecule has 0 radical (unpaired) electrons. The minimum Gasteiger partial charge on any atom is -0.324 e. The lowest BCUT2D eigenvalue weighted by molar-refractivity contribution is 0.435. The van der Waals surface area contributed by atoms with Gasteiger partial charge >= 0.3 is 0 Å². The minimum atomic E-state index is -0.536. The van der Waals surface area contributed by atoms with E-state index in [1.807, 2.05) is 0 Å². The summed E-state index contributed by atoms with van der Waals surface area (Å²) in [6, 6.07) is 4.26. The van der Waals surface area contributed by atoms with Crippen molar-refractivity contribution >= 4 is 12.4 Å². The Labute approximate surface area is 88.7 Å². The van der Waals surface area contributed by atoms with Crippen molar-refractivity contribution < 1.29 is 8.78 Å². The molecule has 0 bridgehead atoms. The number of aryl methyl sites for hydroxylation is 1.